The van der Waals surface area contributed by atoms with Crippen molar-refractivity contribution in [1.29, 1.82) is 0 Å². The van der Waals surface area contributed by atoms with Crippen LogP contribution in [0.15, 0.2) is 59.7 Å². The largest absolute Gasteiger partial charge is 0.466 e. The Hall–Kier alpha value is -2.83. The first-order chi connectivity index (χ1) is 13.8. The third kappa shape index (κ3) is 4.96. The quantitative estimate of drug-likeness (QED) is 0.672. The summed E-state index contributed by atoms with van der Waals surface area (Å²) in [4.78, 5) is 12.2. The van der Waals surface area contributed by atoms with Gasteiger partial charge in [0.2, 0.25) is 5.90 Å². The molecule has 2 aromatic carbocycles. The molecule has 1 heterocycles. The molecule has 7 heteroatoms. The van der Waals surface area contributed by atoms with Gasteiger partial charge in [-0.15, -0.1) is 5.10 Å². The van der Waals surface area contributed by atoms with Crippen LogP contribution in [0, 0.1) is 5.92 Å². The van der Waals surface area contributed by atoms with Crippen molar-refractivity contribution in [2.75, 3.05) is 6.61 Å². The number of carbonyl (C=O) groups is 1. The minimum Gasteiger partial charge on any atom is -0.466 e. The molecule has 0 fully saturated rings. The highest BCUT2D eigenvalue weighted by Crippen LogP contribution is 2.39. The number of halogens is 3. The molecule has 29 heavy (non-hydrogen) atoms. The van der Waals surface area contributed by atoms with Crippen molar-refractivity contribution < 1.29 is 22.7 Å². The SMILES string of the molecule is CCC(C(C)c1ccc(CN2N=C(c3ccccc3)OCC2=O)cc1)C(F)(F)F. The fourth-order valence-corrected chi connectivity index (χ4v) is 3.44. The molecule has 154 valence electrons. The molecule has 0 aliphatic carbocycles. The monoisotopic (exact) mass is 404 g/mol. The van der Waals surface area contributed by atoms with Gasteiger partial charge in [-0.1, -0.05) is 56.3 Å². The average Bonchev–Trinajstić information content (AvgIpc) is 2.70. The van der Waals surface area contributed by atoms with E-state index < -0.39 is 18.0 Å². The molecule has 0 radical (unpaired) electrons. The summed E-state index contributed by atoms with van der Waals surface area (Å²) >= 11 is 0. The molecule has 1 aliphatic heterocycles. The second-order valence-corrected chi connectivity index (χ2v) is 7.10. The highest BCUT2D eigenvalue weighted by atomic mass is 19.4. The molecule has 0 bridgehead atoms. The van der Waals surface area contributed by atoms with Crippen LogP contribution < -0.4 is 0 Å². The standard InChI is InChI=1S/C22H23F3N2O2/c1-3-19(22(23,24)25)15(2)17-11-9-16(10-12-17)13-27-20(28)14-29-21(26-27)18-7-5-4-6-8-18/h4-12,15,19H,3,13-14H2,1-2H3. The Morgan fingerprint density at radius 1 is 1.10 bits per heavy atom. The smallest absolute Gasteiger partial charge is 0.392 e. The van der Waals surface area contributed by atoms with Gasteiger partial charge in [0.05, 0.1) is 12.5 Å². The van der Waals surface area contributed by atoms with Crippen LogP contribution in [-0.2, 0) is 16.1 Å². The first kappa shape index (κ1) is 20.9. The Kier molecular flexibility index (Phi) is 6.25. The topological polar surface area (TPSA) is 41.9 Å². The fourth-order valence-electron chi connectivity index (χ4n) is 3.44. The van der Waals surface area contributed by atoms with Gasteiger partial charge in [0.25, 0.3) is 5.91 Å². The maximum absolute atomic E-state index is 13.2. The fraction of sp³-hybridized carbons (Fsp3) is 0.364. The normalized spacial score (nSPS) is 16.8. The average molecular weight is 404 g/mol. The molecule has 0 saturated carbocycles. The molecular weight excluding hydrogens is 381 g/mol. The van der Waals surface area contributed by atoms with Crippen molar-refractivity contribution in [2.45, 2.75) is 38.9 Å². The first-order valence-electron chi connectivity index (χ1n) is 9.52. The van der Waals surface area contributed by atoms with Crippen molar-refractivity contribution in [3.8, 4) is 0 Å². The number of hydrogen-bond donors (Lipinski definition) is 0. The summed E-state index contributed by atoms with van der Waals surface area (Å²) < 4.78 is 45.0. The Morgan fingerprint density at radius 3 is 2.34 bits per heavy atom. The van der Waals surface area contributed by atoms with E-state index in [1.807, 2.05) is 30.3 Å². The second-order valence-electron chi connectivity index (χ2n) is 7.10. The summed E-state index contributed by atoms with van der Waals surface area (Å²) in [6, 6.07) is 16.1. The predicted molar refractivity (Wildman–Crippen MR) is 104 cm³/mol. The molecule has 0 saturated heterocycles. The van der Waals surface area contributed by atoms with E-state index in [1.54, 1.807) is 38.1 Å². The van der Waals surface area contributed by atoms with Crippen LogP contribution in [0.3, 0.4) is 0 Å². The molecular formula is C22H23F3N2O2. The summed E-state index contributed by atoms with van der Waals surface area (Å²) in [5.41, 5.74) is 2.18. The Balaban J connectivity index is 1.74. The lowest BCUT2D eigenvalue weighted by atomic mass is 9.85. The Bertz CT molecular complexity index is 864. The first-order valence-corrected chi connectivity index (χ1v) is 9.52. The molecule has 2 unspecified atom stereocenters. The maximum Gasteiger partial charge on any atom is 0.392 e. The van der Waals surface area contributed by atoms with Gasteiger partial charge < -0.3 is 4.74 Å². The van der Waals surface area contributed by atoms with Crippen molar-refractivity contribution in [1.82, 2.24) is 5.01 Å². The Labute approximate surface area is 168 Å². The van der Waals surface area contributed by atoms with Crippen LogP contribution in [0.1, 0.15) is 42.9 Å². The number of ether oxygens (including phenoxy) is 1. The lowest BCUT2D eigenvalue weighted by molar-refractivity contribution is -0.180. The number of hydrazone groups is 1. The second kappa shape index (κ2) is 8.68. The van der Waals surface area contributed by atoms with Crippen LogP contribution in [0.4, 0.5) is 13.2 Å². The lowest BCUT2D eigenvalue weighted by Crippen LogP contribution is -2.36. The number of alkyl halides is 3. The molecule has 2 aromatic rings. The zero-order valence-corrected chi connectivity index (χ0v) is 16.3. The minimum atomic E-state index is -4.23. The highest BCUT2D eigenvalue weighted by molar-refractivity contribution is 5.97. The van der Waals surface area contributed by atoms with E-state index >= 15 is 0 Å². The van der Waals surface area contributed by atoms with Gasteiger partial charge in [-0.3, -0.25) is 4.79 Å². The number of nitrogens with zero attached hydrogens (tertiary/aromatic N) is 2. The van der Waals surface area contributed by atoms with E-state index in [9.17, 15) is 18.0 Å². The van der Waals surface area contributed by atoms with E-state index in [1.165, 1.54) is 5.01 Å². The van der Waals surface area contributed by atoms with E-state index in [0.717, 1.165) is 11.1 Å². The molecule has 0 aromatic heterocycles. The van der Waals surface area contributed by atoms with Crippen molar-refractivity contribution >= 4 is 11.8 Å². The van der Waals surface area contributed by atoms with Gasteiger partial charge in [0, 0.05) is 5.56 Å². The molecule has 3 rings (SSSR count). The van der Waals surface area contributed by atoms with Crippen molar-refractivity contribution in [2.24, 2.45) is 11.0 Å². The van der Waals surface area contributed by atoms with Gasteiger partial charge in [-0.05, 0) is 35.6 Å². The van der Waals surface area contributed by atoms with Gasteiger partial charge in [0.15, 0.2) is 6.61 Å². The molecule has 2 atom stereocenters. The van der Waals surface area contributed by atoms with E-state index in [4.69, 9.17) is 4.74 Å². The third-order valence-electron chi connectivity index (χ3n) is 5.15. The number of carbonyl (C=O) groups excluding carboxylic acids is 1. The molecule has 0 N–H and O–H groups in total. The van der Waals surface area contributed by atoms with Crippen LogP contribution in [0.25, 0.3) is 0 Å². The highest BCUT2D eigenvalue weighted by Gasteiger charge is 2.41. The maximum atomic E-state index is 13.2. The lowest BCUT2D eigenvalue weighted by Gasteiger charge is -2.26. The van der Waals surface area contributed by atoms with Gasteiger partial charge in [-0.25, -0.2) is 5.01 Å². The van der Waals surface area contributed by atoms with E-state index in [0.29, 0.717) is 11.5 Å². The van der Waals surface area contributed by atoms with Crippen LogP contribution >= 0.6 is 0 Å². The van der Waals surface area contributed by atoms with Crippen LogP contribution in [0.2, 0.25) is 0 Å². The van der Waals surface area contributed by atoms with Crippen molar-refractivity contribution in [3.05, 3.63) is 71.3 Å². The van der Waals surface area contributed by atoms with Gasteiger partial charge in [-0.2, -0.15) is 13.2 Å². The van der Waals surface area contributed by atoms with Crippen LogP contribution in [0.5, 0.6) is 0 Å². The van der Waals surface area contributed by atoms with Gasteiger partial charge >= 0.3 is 6.18 Å². The number of hydrogen-bond acceptors (Lipinski definition) is 3. The summed E-state index contributed by atoms with van der Waals surface area (Å²) in [5, 5.41) is 5.62. The molecule has 1 amide bonds. The van der Waals surface area contributed by atoms with E-state index in [-0.39, 0.29) is 25.5 Å². The molecule has 4 nitrogen and oxygen atoms in total. The van der Waals surface area contributed by atoms with Crippen molar-refractivity contribution in [3.63, 3.8) is 0 Å². The summed E-state index contributed by atoms with van der Waals surface area (Å²) in [5.74, 6) is -1.93. The predicted octanol–water partition coefficient (Wildman–Crippen LogP) is 5.10. The molecule has 0 spiro atoms. The third-order valence-corrected chi connectivity index (χ3v) is 5.15. The zero-order valence-electron chi connectivity index (χ0n) is 16.3. The van der Waals surface area contributed by atoms with E-state index in [2.05, 4.69) is 5.10 Å². The van der Waals surface area contributed by atoms with Gasteiger partial charge in [0.1, 0.15) is 0 Å². The summed E-state index contributed by atoms with van der Waals surface area (Å²) in [6.07, 6.45) is -4.19. The number of rotatable bonds is 6. The number of benzene rings is 2. The Morgan fingerprint density at radius 2 is 1.76 bits per heavy atom. The summed E-state index contributed by atoms with van der Waals surface area (Å²) in [6.45, 7) is 3.27. The summed E-state index contributed by atoms with van der Waals surface area (Å²) in [7, 11) is 0. The molecule has 1 aliphatic rings. The van der Waals surface area contributed by atoms with Crippen LogP contribution in [-0.4, -0.2) is 29.6 Å². The zero-order chi connectivity index (χ0) is 21.0. The minimum absolute atomic E-state index is 0.0334. The number of amides is 1.